The van der Waals surface area contributed by atoms with Gasteiger partial charge in [-0.25, -0.2) is 4.98 Å². The van der Waals surface area contributed by atoms with E-state index < -0.39 is 0 Å². The minimum absolute atomic E-state index is 0.151. The molecule has 1 aliphatic heterocycles. The highest BCUT2D eigenvalue weighted by molar-refractivity contribution is 6.29. The van der Waals surface area contributed by atoms with Gasteiger partial charge in [0.15, 0.2) is 0 Å². The molecule has 4 heteroatoms. The number of benzene rings is 1. The number of piperidine rings is 1. The first kappa shape index (κ1) is 15.0. The summed E-state index contributed by atoms with van der Waals surface area (Å²) in [6.07, 6.45) is 3.25. The van der Waals surface area contributed by atoms with Gasteiger partial charge < -0.3 is 4.90 Å². The molecule has 1 aliphatic rings. The van der Waals surface area contributed by atoms with Crippen molar-refractivity contribution in [2.24, 2.45) is 0 Å². The normalized spacial score (nSPS) is 21.9. The van der Waals surface area contributed by atoms with Crippen LogP contribution >= 0.6 is 11.6 Å². The topological polar surface area (TPSA) is 33.2 Å². The van der Waals surface area contributed by atoms with E-state index in [2.05, 4.69) is 24.0 Å². The van der Waals surface area contributed by atoms with Gasteiger partial charge in [0.1, 0.15) is 5.15 Å². The van der Waals surface area contributed by atoms with Crippen LogP contribution in [0.4, 0.5) is 0 Å². The van der Waals surface area contributed by atoms with E-state index in [0.717, 1.165) is 18.5 Å². The van der Waals surface area contributed by atoms with Crippen molar-refractivity contribution in [3.8, 4) is 0 Å². The number of likely N-dealkylation sites (tertiary alicyclic amines) is 1. The number of aromatic nitrogens is 1. The minimum atomic E-state index is -0.151. The lowest BCUT2D eigenvalue weighted by Gasteiger charge is -2.39. The molecule has 22 heavy (non-hydrogen) atoms. The molecule has 1 aromatic heterocycles. The van der Waals surface area contributed by atoms with Gasteiger partial charge in [0.05, 0.1) is 0 Å². The van der Waals surface area contributed by atoms with Crippen LogP contribution in [0.5, 0.6) is 0 Å². The van der Waals surface area contributed by atoms with Crippen LogP contribution in [0.1, 0.15) is 30.9 Å². The van der Waals surface area contributed by atoms with E-state index in [1.165, 1.54) is 5.56 Å². The zero-order valence-corrected chi connectivity index (χ0v) is 13.4. The molecule has 0 bridgehead atoms. The summed E-state index contributed by atoms with van der Waals surface area (Å²) in [5.74, 6) is 0.201. The van der Waals surface area contributed by atoms with E-state index >= 15 is 0 Å². The molecule has 0 radical (unpaired) electrons. The van der Waals surface area contributed by atoms with Crippen LogP contribution in [0.2, 0.25) is 5.15 Å². The largest absolute Gasteiger partial charge is 0.338 e. The van der Waals surface area contributed by atoms with Gasteiger partial charge in [0.25, 0.3) is 0 Å². The zero-order chi connectivity index (χ0) is 15.6. The second-order valence-corrected chi connectivity index (χ2v) is 6.55. The Hall–Kier alpha value is -1.87. The Morgan fingerprint density at radius 2 is 2.00 bits per heavy atom. The molecule has 2 aromatic rings. The third kappa shape index (κ3) is 3.14. The number of rotatable bonds is 3. The summed E-state index contributed by atoms with van der Waals surface area (Å²) in [5, 5.41) is 0.486. The summed E-state index contributed by atoms with van der Waals surface area (Å²) in [5.41, 5.74) is 2.11. The summed E-state index contributed by atoms with van der Waals surface area (Å²) in [7, 11) is 0. The van der Waals surface area contributed by atoms with Gasteiger partial charge in [-0.15, -0.1) is 0 Å². The van der Waals surface area contributed by atoms with Gasteiger partial charge in [-0.3, -0.25) is 4.79 Å². The molecule has 1 fully saturated rings. The van der Waals surface area contributed by atoms with Gasteiger partial charge >= 0.3 is 0 Å². The first-order valence-electron chi connectivity index (χ1n) is 7.51. The van der Waals surface area contributed by atoms with E-state index in [4.69, 9.17) is 11.6 Å². The average Bonchev–Trinajstić information content (AvgIpc) is 2.52. The van der Waals surface area contributed by atoms with Crippen molar-refractivity contribution < 1.29 is 4.79 Å². The Bertz CT molecular complexity index is 657. The third-order valence-electron chi connectivity index (χ3n) is 4.47. The monoisotopic (exact) mass is 314 g/mol. The van der Waals surface area contributed by atoms with Crippen molar-refractivity contribution in [1.29, 1.82) is 0 Å². The maximum absolute atomic E-state index is 12.5. The number of amides is 1. The number of hydrogen-bond donors (Lipinski definition) is 0. The predicted molar refractivity (Wildman–Crippen MR) is 87.7 cm³/mol. The molecule has 1 atom stereocenters. The van der Waals surface area contributed by atoms with Crippen LogP contribution in [-0.2, 0) is 16.8 Å². The molecule has 0 N–H and O–H groups in total. The minimum Gasteiger partial charge on any atom is -0.338 e. The van der Waals surface area contributed by atoms with Crippen LogP contribution < -0.4 is 0 Å². The van der Waals surface area contributed by atoms with Crippen molar-refractivity contribution >= 4 is 17.5 Å². The summed E-state index contributed by atoms with van der Waals surface area (Å²) in [6, 6.07) is 13.9. The fraction of sp³-hybridized carbons (Fsp3) is 0.333. The molecular weight excluding hydrogens is 296 g/mol. The predicted octanol–water partition coefficient (Wildman–Crippen LogP) is 3.82. The highest BCUT2D eigenvalue weighted by Crippen LogP contribution is 2.36. The molecule has 1 saturated heterocycles. The molecule has 3 rings (SSSR count). The second-order valence-electron chi connectivity index (χ2n) is 6.16. The number of hydrogen-bond acceptors (Lipinski definition) is 2. The third-order valence-corrected chi connectivity index (χ3v) is 4.69. The first-order valence-corrected chi connectivity index (χ1v) is 7.88. The smallest absolute Gasteiger partial charge is 0.223 e. The van der Waals surface area contributed by atoms with E-state index in [9.17, 15) is 4.79 Å². The zero-order valence-electron chi connectivity index (χ0n) is 12.6. The number of pyridine rings is 1. The lowest BCUT2D eigenvalue weighted by Crippen LogP contribution is -2.44. The lowest BCUT2D eigenvalue weighted by molar-refractivity contribution is -0.136. The molecule has 0 saturated carbocycles. The molecule has 2 heterocycles. The Kier molecular flexibility index (Phi) is 4.16. The standard InChI is InChI=1S/C18H19ClN2O/c1-18(15-7-8-16(19)20-12-15)9-10-21(17(22)11-18)13-14-5-3-2-4-6-14/h2-8,12H,9-11,13H2,1H3. The summed E-state index contributed by atoms with van der Waals surface area (Å²) in [6.45, 7) is 3.59. The molecule has 1 amide bonds. The molecule has 114 valence electrons. The van der Waals surface area contributed by atoms with Crippen LogP contribution in [0.3, 0.4) is 0 Å². The molecule has 1 unspecified atom stereocenters. The van der Waals surface area contributed by atoms with Gasteiger partial charge in [-0.2, -0.15) is 0 Å². The van der Waals surface area contributed by atoms with Crippen molar-refractivity contribution in [3.05, 3.63) is 64.9 Å². The number of halogens is 1. The van der Waals surface area contributed by atoms with Gasteiger partial charge in [-0.05, 0) is 23.6 Å². The van der Waals surface area contributed by atoms with Crippen molar-refractivity contribution in [3.63, 3.8) is 0 Å². The number of carbonyl (C=O) groups excluding carboxylic acids is 1. The Morgan fingerprint density at radius 1 is 1.23 bits per heavy atom. The van der Waals surface area contributed by atoms with Gasteiger partial charge in [0, 0.05) is 31.1 Å². The second kappa shape index (κ2) is 6.09. The molecule has 3 nitrogen and oxygen atoms in total. The van der Waals surface area contributed by atoms with Crippen LogP contribution in [-0.4, -0.2) is 22.3 Å². The highest BCUT2D eigenvalue weighted by Gasteiger charge is 2.36. The van der Waals surface area contributed by atoms with E-state index in [0.29, 0.717) is 18.1 Å². The fourth-order valence-corrected chi connectivity index (χ4v) is 3.10. The average molecular weight is 315 g/mol. The Morgan fingerprint density at radius 3 is 2.64 bits per heavy atom. The molecule has 0 spiro atoms. The van der Waals surface area contributed by atoms with Gasteiger partial charge in [-0.1, -0.05) is 54.9 Å². The highest BCUT2D eigenvalue weighted by atomic mass is 35.5. The molecular formula is C18H19ClN2O. The van der Waals surface area contributed by atoms with Crippen molar-refractivity contribution in [2.75, 3.05) is 6.54 Å². The van der Waals surface area contributed by atoms with Crippen LogP contribution in [0.15, 0.2) is 48.7 Å². The number of nitrogens with zero attached hydrogens (tertiary/aromatic N) is 2. The van der Waals surface area contributed by atoms with Crippen LogP contribution in [0, 0.1) is 0 Å². The number of carbonyl (C=O) groups is 1. The van der Waals surface area contributed by atoms with Crippen molar-refractivity contribution in [1.82, 2.24) is 9.88 Å². The lowest BCUT2D eigenvalue weighted by atomic mass is 9.75. The Balaban J connectivity index is 1.71. The summed E-state index contributed by atoms with van der Waals surface area (Å²) in [4.78, 5) is 18.6. The first-order chi connectivity index (χ1) is 10.6. The maximum atomic E-state index is 12.5. The quantitative estimate of drug-likeness (QED) is 0.807. The van der Waals surface area contributed by atoms with E-state index in [-0.39, 0.29) is 11.3 Å². The molecule has 1 aromatic carbocycles. The van der Waals surface area contributed by atoms with E-state index in [1.54, 1.807) is 12.3 Å². The van der Waals surface area contributed by atoms with E-state index in [1.807, 2.05) is 29.2 Å². The fourth-order valence-electron chi connectivity index (χ4n) is 2.99. The molecule has 0 aliphatic carbocycles. The summed E-state index contributed by atoms with van der Waals surface area (Å²) >= 11 is 5.85. The van der Waals surface area contributed by atoms with Gasteiger partial charge in [0.2, 0.25) is 5.91 Å². The van der Waals surface area contributed by atoms with Crippen molar-refractivity contribution in [2.45, 2.75) is 31.7 Å². The summed E-state index contributed by atoms with van der Waals surface area (Å²) < 4.78 is 0. The maximum Gasteiger partial charge on any atom is 0.223 e. The van der Waals surface area contributed by atoms with Crippen LogP contribution in [0.25, 0.3) is 0 Å². The Labute approximate surface area is 135 Å². The SMILES string of the molecule is CC1(c2ccc(Cl)nc2)CCN(Cc2ccccc2)C(=O)C1.